The highest BCUT2D eigenvalue weighted by Crippen LogP contribution is 2.07. The minimum Gasteiger partial charge on any atom is -0.427 e. The molecule has 202 valence electrons. The maximum Gasteiger partial charge on any atom is 0.331 e. The van der Waals surface area contributed by atoms with Crippen molar-refractivity contribution >= 4 is 23.6 Å². The van der Waals surface area contributed by atoms with Crippen LogP contribution in [0.4, 0.5) is 0 Å². The molecule has 0 fully saturated rings. The van der Waals surface area contributed by atoms with Crippen LogP contribution < -0.4 is 10.6 Å². The third-order valence-corrected chi connectivity index (χ3v) is 4.63. The first-order chi connectivity index (χ1) is 15.4. The van der Waals surface area contributed by atoms with Crippen LogP contribution in [0.25, 0.3) is 0 Å². The first kappa shape index (κ1) is 37.0. The minimum atomic E-state index is -1.02. The monoisotopic (exact) mass is 504 g/mol. The fourth-order valence-corrected chi connectivity index (χ4v) is 3.01. The van der Waals surface area contributed by atoms with Crippen molar-refractivity contribution in [1.82, 2.24) is 10.6 Å². The van der Waals surface area contributed by atoms with Crippen LogP contribution in [0.3, 0.4) is 0 Å². The number of ether oxygens (including phenoxy) is 2. The highest BCUT2D eigenvalue weighted by molar-refractivity contribution is 5.98. The Bertz CT molecular complexity index is 903. The van der Waals surface area contributed by atoms with Crippen molar-refractivity contribution in [2.24, 2.45) is 0 Å². The third-order valence-electron chi connectivity index (χ3n) is 4.63. The summed E-state index contributed by atoms with van der Waals surface area (Å²) >= 11 is 0. The average molecular weight is 505 g/mol. The van der Waals surface area contributed by atoms with Crippen LogP contribution in [0.5, 0.6) is 0 Å². The van der Waals surface area contributed by atoms with E-state index in [0.29, 0.717) is 6.42 Å². The van der Waals surface area contributed by atoms with Gasteiger partial charge in [0.25, 0.3) is 0 Å². The molecule has 0 aliphatic carbocycles. The van der Waals surface area contributed by atoms with E-state index in [0.717, 1.165) is 11.1 Å². The lowest BCUT2D eigenvalue weighted by atomic mass is 10.1. The number of esters is 2. The first-order valence-electron chi connectivity index (χ1n) is 10.3. The van der Waals surface area contributed by atoms with Gasteiger partial charge in [0.05, 0.1) is 6.42 Å². The third kappa shape index (κ3) is 13.4. The lowest BCUT2D eigenvalue weighted by Crippen LogP contribution is -2.44. The molecule has 0 heterocycles. The van der Waals surface area contributed by atoms with Gasteiger partial charge in [-0.3, -0.25) is 14.4 Å². The number of carbonyl (C=O) groups excluding carboxylic acids is 4. The van der Waals surface area contributed by atoms with Crippen molar-refractivity contribution < 1.29 is 28.7 Å². The summed E-state index contributed by atoms with van der Waals surface area (Å²) in [4.78, 5) is 48.1. The van der Waals surface area contributed by atoms with Crippen LogP contribution in [-0.2, 0) is 41.5 Å². The molecule has 0 aliphatic rings. The van der Waals surface area contributed by atoms with E-state index in [4.69, 9.17) is 9.47 Å². The maximum atomic E-state index is 12.6. The molecule has 0 aromatic heterocycles. The number of hydrogen-bond donors (Lipinski definition) is 2. The van der Waals surface area contributed by atoms with Crippen LogP contribution in [0.1, 0.15) is 54.2 Å². The fraction of sp³-hybridized carbons (Fsp3) is 0.429. The lowest BCUT2D eigenvalue weighted by molar-refractivity contribution is -0.170. The summed E-state index contributed by atoms with van der Waals surface area (Å²) < 4.78 is 10.2. The molecular weight excluding hydrogens is 460 g/mol. The van der Waals surface area contributed by atoms with E-state index < -0.39 is 36.7 Å². The predicted molar refractivity (Wildman–Crippen MR) is 144 cm³/mol. The molecule has 2 N–H and O–H groups in total. The van der Waals surface area contributed by atoms with Crippen molar-refractivity contribution in [3.8, 4) is 0 Å². The van der Waals surface area contributed by atoms with Gasteiger partial charge in [0.1, 0.15) is 17.9 Å². The quantitative estimate of drug-likeness (QED) is 0.254. The summed E-state index contributed by atoms with van der Waals surface area (Å²) in [7, 11) is 1.64. The van der Waals surface area contributed by atoms with Gasteiger partial charge in [-0.05, 0) is 31.5 Å². The summed E-state index contributed by atoms with van der Waals surface area (Å²) in [6, 6.07) is 16.9. The Morgan fingerprint density at radius 2 is 1.14 bits per heavy atom. The lowest BCUT2D eigenvalue weighted by Gasteiger charge is -2.19. The molecular formula is C28H44N2O6. The molecule has 0 spiro atoms. The number of hydrogen-bond acceptors (Lipinski definition) is 7. The normalized spacial score (nSPS) is 10.9. The highest BCUT2D eigenvalue weighted by Gasteiger charge is 2.25. The number of Topliss-reactive ketones (excluding diaryl/α,β-unsaturated/α-hetero) is 1. The van der Waals surface area contributed by atoms with Crippen molar-refractivity contribution in [3.05, 3.63) is 71.8 Å². The zero-order valence-corrected chi connectivity index (χ0v) is 18.2. The molecule has 0 saturated heterocycles. The van der Waals surface area contributed by atoms with Gasteiger partial charge in [-0.25, -0.2) is 4.79 Å². The summed E-state index contributed by atoms with van der Waals surface area (Å²) in [6.45, 7) is 0.704. The van der Waals surface area contributed by atoms with E-state index in [1.54, 1.807) is 19.2 Å². The van der Waals surface area contributed by atoms with Gasteiger partial charge >= 0.3 is 11.9 Å². The summed E-state index contributed by atoms with van der Waals surface area (Å²) in [5, 5.41) is 5.40. The predicted octanol–water partition coefficient (Wildman–Crippen LogP) is 4.11. The van der Waals surface area contributed by atoms with E-state index in [1.807, 2.05) is 48.5 Å². The second kappa shape index (κ2) is 19.8. The molecule has 8 nitrogen and oxygen atoms in total. The molecule has 0 aliphatic heterocycles. The van der Waals surface area contributed by atoms with Gasteiger partial charge in [0.2, 0.25) is 12.7 Å². The average Bonchev–Trinajstić information content (AvgIpc) is 2.77. The molecule has 2 unspecified atom stereocenters. The molecule has 1 amide bonds. The maximum absolute atomic E-state index is 12.6. The number of ketones is 1. The molecule has 0 saturated carbocycles. The van der Waals surface area contributed by atoms with E-state index in [1.165, 1.54) is 6.92 Å². The van der Waals surface area contributed by atoms with Crippen LogP contribution in [0, 0.1) is 0 Å². The van der Waals surface area contributed by atoms with Crippen molar-refractivity contribution in [2.45, 2.75) is 68.0 Å². The first-order valence-corrected chi connectivity index (χ1v) is 10.3. The molecule has 2 rings (SSSR count). The largest absolute Gasteiger partial charge is 0.427 e. The number of amides is 1. The topological polar surface area (TPSA) is 111 Å². The van der Waals surface area contributed by atoms with E-state index in [2.05, 4.69) is 10.6 Å². The molecule has 2 aromatic carbocycles. The van der Waals surface area contributed by atoms with Gasteiger partial charge < -0.3 is 20.1 Å². The van der Waals surface area contributed by atoms with Crippen molar-refractivity contribution in [1.29, 1.82) is 0 Å². The molecule has 8 heteroatoms. The van der Waals surface area contributed by atoms with Gasteiger partial charge in [0.15, 0.2) is 0 Å². The second-order valence-electron chi connectivity index (χ2n) is 7.26. The van der Waals surface area contributed by atoms with Gasteiger partial charge in [0, 0.05) is 6.42 Å². The minimum absolute atomic E-state index is 0. The number of nitrogens with one attached hydrogen (secondary N) is 2. The molecule has 36 heavy (non-hydrogen) atoms. The zero-order chi connectivity index (χ0) is 23.3. The number of benzene rings is 2. The summed E-state index contributed by atoms with van der Waals surface area (Å²) in [6.07, 6.45) is 0.253. The van der Waals surface area contributed by atoms with Gasteiger partial charge in [-0.2, -0.15) is 0 Å². The van der Waals surface area contributed by atoms with Crippen molar-refractivity contribution in [3.63, 3.8) is 0 Å². The molecule has 2 aromatic rings. The number of likely N-dealkylation sites (N-methyl/N-ethyl adjacent to an activating group) is 1. The zero-order valence-electron chi connectivity index (χ0n) is 18.2. The Morgan fingerprint density at radius 3 is 1.56 bits per heavy atom. The SMILES string of the molecule is C.C.C.C.CNC(Cc1ccccc1)C(=O)OCOC(=O)C(Cc1ccccc1)NC(=O)CC(C)=O. The van der Waals surface area contributed by atoms with Crippen LogP contribution >= 0.6 is 0 Å². The van der Waals surface area contributed by atoms with Crippen molar-refractivity contribution in [2.75, 3.05) is 13.8 Å². The summed E-state index contributed by atoms with van der Waals surface area (Å²) in [5.41, 5.74) is 1.75. The van der Waals surface area contributed by atoms with Crippen LogP contribution in [-0.4, -0.2) is 49.6 Å². The van der Waals surface area contributed by atoms with Gasteiger partial charge in [-0.15, -0.1) is 0 Å². The van der Waals surface area contributed by atoms with E-state index >= 15 is 0 Å². The second-order valence-corrected chi connectivity index (χ2v) is 7.26. The number of carbonyl (C=O) groups is 4. The molecule has 2 atom stereocenters. The Balaban J connectivity index is -0.00000272. The Kier molecular flexibility index (Phi) is 20.3. The van der Waals surface area contributed by atoms with Crippen LogP contribution in [0.2, 0.25) is 0 Å². The van der Waals surface area contributed by atoms with E-state index in [9.17, 15) is 19.2 Å². The molecule has 0 radical (unpaired) electrons. The highest BCUT2D eigenvalue weighted by atomic mass is 16.7. The van der Waals surface area contributed by atoms with Gasteiger partial charge in [-0.1, -0.05) is 90.4 Å². The Labute approximate surface area is 216 Å². The molecule has 0 bridgehead atoms. The fourth-order valence-electron chi connectivity index (χ4n) is 3.01. The van der Waals surface area contributed by atoms with Crippen LogP contribution in [0.15, 0.2) is 60.7 Å². The standard InChI is InChI=1S/C24H28N2O6.4CH4/c1-17(27)13-22(28)26-21(15-19-11-7-4-8-12-19)24(30)32-16-31-23(29)20(25-2)14-18-9-5-3-6-10-18;;;;/h3-12,20-21,25H,13-16H2,1-2H3,(H,26,28);4*1H4. The Hall–Kier alpha value is -3.52. The van der Waals surface area contributed by atoms with E-state index in [-0.39, 0.29) is 48.3 Å². The smallest absolute Gasteiger partial charge is 0.331 e. The number of rotatable bonds is 12. The Morgan fingerprint density at radius 1 is 0.722 bits per heavy atom. The summed E-state index contributed by atoms with van der Waals surface area (Å²) in [5.74, 6) is -2.22.